The molecular weight excluding hydrogens is 679 g/mol. The van der Waals surface area contributed by atoms with E-state index in [1.54, 1.807) is 71.9 Å². The number of anilines is 1. The minimum absolute atomic E-state index is 0.0280. The van der Waals surface area contributed by atoms with Crippen molar-refractivity contribution >= 4 is 75.2 Å². The number of amides is 2. The number of hydrogen-bond donors (Lipinski definition) is 0. The van der Waals surface area contributed by atoms with Gasteiger partial charge in [0.1, 0.15) is 11.1 Å². The standard InChI is InChI=1S/C34H35NO12S2/c1-7-42-21(36)16-46-27-23(33(40)44-9-3)18(5)48-29(27)25-26(32(39)35(31(25)38)20-14-12-11-13-15-20)30-28(47-17-22(37)43-8-2)24(19(6)49-30)34(41)45-10-4/h11-15H,7-10,16-17H2,1-6H3. The van der Waals surface area contributed by atoms with Gasteiger partial charge >= 0.3 is 23.9 Å². The zero-order valence-corrected chi connectivity index (χ0v) is 29.4. The molecule has 2 amide bonds. The van der Waals surface area contributed by atoms with Gasteiger partial charge in [-0.2, -0.15) is 0 Å². The van der Waals surface area contributed by atoms with Gasteiger partial charge in [0.25, 0.3) is 11.8 Å². The molecule has 1 aromatic carbocycles. The number of para-hydroxylation sites is 1. The van der Waals surface area contributed by atoms with Crippen molar-refractivity contribution in [3.8, 4) is 11.5 Å². The van der Waals surface area contributed by atoms with Crippen LogP contribution in [0.1, 0.15) is 67.9 Å². The van der Waals surface area contributed by atoms with Crippen LogP contribution in [0, 0.1) is 13.8 Å². The van der Waals surface area contributed by atoms with Crippen molar-refractivity contribution in [3.05, 3.63) is 61.0 Å². The molecule has 0 saturated carbocycles. The average molecular weight is 714 g/mol. The Labute approximate surface area is 290 Å². The number of rotatable bonds is 15. The molecule has 0 spiro atoms. The molecule has 1 aliphatic heterocycles. The number of carbonyl (C=O) groups excluding carboxylic acids is 6. The van der Waals surface area contributed by atoms with Crippen molar-refractivity contribution in [2.24, 2.45) is 0 Å². The highest BCUT2D eigenvalue weighted by Crippen LogP contribution is 2.51. The number of hydrogen-bond acceptors (Lipinski definition) is 14. The lowest BCUT2D eigenvalue weighted by atomic mass is 10.0. The van der Waals surface area contributed by atoms with E-state index in [1.807, 2.05) is 0 Å². The molecule has 2 aromatic heterocycles. The van der Waals surface area contributed by atoms with Gasteiger partial charge in [0.15, 0.2) is 24.7 Å². The third-order valence-corrected chi connectivity index (χ3v) is 9.08. The van der Waals surface area contributed by atoms with E-state index in [9.17, 15) is 28.8 Å². The molecule has 0 radical (unpaired) electrons. The lowest BCUT2D eigenvalue weighted by Crippen LogP contribution is -2.31. The van der Waals surface area contributed by atoms with E-state index < -0.39 is 48.9 Å². The van der Waals surface area contributed by atoms with E-state index in [-0.39, 0.29) is 75.6 Å². The minimum atomic E-state index is -0.774. The number of ether oxygens (including phenoxy) is 6. The first-order valence-corrected chi connectivity index (χ1v) is 17.0. The van der Waals surface area contributed by atoms with Gasteiger partial charge in [0, 0.05) is 9.75 Å². The molecule has 13 nitrogen and oxygen atoms in total. The van der Waals surface area contributed by atoms with Crippen molar-refractivity contribution in [3.63, 3.8) is 0 Å². The number of benzene rings is 1. The van der Waals surface area contributed by atoms with Crippen LogP contribution in [0.5, 0.6) is 11.5 Å². The highest BCUT2D eigenvalue weighted by Gasteiger charge is 2.46. The summed E-state index contributed by atoms with van der Waals surface area (Å²) in [6, 6.07) is 8.16. The van der Waals surface area contributed by atoms with Gasteiger partial charge in [-0.1, -0.05) is 18.2 Å². The van der Waals surface area contributed by atoms with Crippen molar-refractivity contribution in [2.45, 2.75) is 41.5 Å². The quantitative estimate of drug-likeness (QED) is 0.116. The molecule has 0 aliphatic carbocycles. The fourth-order valence-electron chi connectivity index (χ4n) is 4.96. The molecule has 15 heteroatoms. The van der Waals surface area contributed by atoms with Crippen molar-refractivity contribution in [1.29, 1.82) is 0 Å². The van der Waals surface area contributed by atoms with Gasteiger partial charge in [-0.3, -0.25) is 9.59 Å². The maximum Gasteiger partial charge on any atom is 0.344 e. The summed E-state index contributed by atoms with van der Waals surface area (Å²) in [6.07, 6.45) is 0. The zero-order chi connectivity index (χ0) is 35.8. The Kier molecular flexibility index (Phi) is 12.3. The first-order chi connectivity index (χ1) is 23.5. The van der Waals surface area contributed by atoms with Crippen molar-refractivity contribution in [1.82, 2.24) is 0 Å². The lowest BCUT2D eigenvalue weighted by molar-refractivity contribution is -0.146. The number of esters is 4. The van der Waals surface area contributed by atoms with E-state index in [0.29, 0.717) is 9.75 Å². The van der Waals surface area contributed by atoms with Crippen molar-refractivity contribution < 1.29 is 57.2 Å². The van der Waals surface area contributed by atoms with Crippen LogP contribution < -0.4 is 14.4 Å². The number of aryl methyl sites for hydroxylation is 2. The molecule has 0 unspecified atom stereocenters. The van der Waals surface area contributed by atoms with Gasteiger partial charge < -0.3 is 28.4 Å². The summed E-state index contributed by atoms with van der Waals surface area (Å²) in [7, 11) is 0. The molecule has 0 N–H and O–H groups in total. The first kappa shape index (κ1) is 36.8. The van der Waals surface area contributed by atoms with Crippen LogP contribution in [0.4, 0.5) is 5.69 Å². The Morgan fingerprint density at radius 3 is 1.37 bits per heavy atom. The average Bonchev–Trinajstić information content (AvgIpc) is 3.66. The van der Waals surface area contributed by atoms with Crippen molar-refractivity contribution in [2.75, 3.05) is 44.5 Å². The SMILES string of the molecule is CCOC(=O)COc1c(C2=C(c3sc(C)c(C(=O)OCC)c3OCC(=O)OCC)C(=O)N(c3ccccc3)C2=O)sc(C)c1C(=O)OCC. The second-order valence-electron chi connectivity index (χ2n) is 10.0. The van der Waals surface area contributed by atoms with Gasteiger partial charge in [-0.05, 0) is 53.7 Å². The molecule has 260 valence electrons. The monoisotopic (exact) mass is 713 g/mol. The summed E-state index contributed by atoms with van der Waals surface area (Å²) in [5.41, 5.74) is -0.205. The summed E-state index contributed by atoms with van der Waals surface area (Å²) in [5, 5.41) is 0. The molecule has 0 fully saturated rings. The van der Waals surface area contributed by atoms with Crippen LogP contribution >= 0.6 is 22.7 Å². The Balaban J connectivity index is 2.06. The topological polar surface area (TPSA) is 161 Å². The van der Waals surface area contributed by atoms with Gasteiger partial charge in [0.2, 0.25) is 0 Å². The van der Waals surface area contributed by atoms with Crippen LogP contribution in [0.15, 0.2) is 30.3 Å². The fraction of sp³-hybridized carbons (Fsp3) is 0.353. The Morgan fingerprint density at radius 2 is 1.00 bits per heavy atom. The maximum atomic E-state index is 14.5. The third kappa shape index (κ3) is 7.67. The molecule has 4 rings (SSSR count). The second kappa shape index (κ2) is 16.4. The normalized spacial score (nSPS) is 12.7. The summed E-state index contributed by atoms with van der Waals surface area (Å²) in [4.78, 5) is 82.0. The second-order valence-corrected chi connectivity index (χ2v) is 12.5. The van der Waals surface area contributed by atoms with Crippen LogP contribution in [-0.2, 0) is 38.1 Å². The first-order valence-electron chi connectivity index (χ1n) is 15.4. The fourth-order valence-corrected chi connectivity index (χ4v) is 7.22. The van der Waals surface area contributed by atoms with Crippen LogP contribution in [0.25, 0.3) is 11.1 Å². The number of thiophene rings is 2. The number of nitrogens with zero attached hydrogens (tertiary/aromatic N) is 1. The van der Waals surface area contributed by atoms with E-state index >= 15 is 0 Å². The predicted octanol–water partition coefficient (Wildman–Crippen LogP) is 5.15. The minimum Gasteiger partial charge on any atom is -0.479 e. The van der Waals surface area contributed by atoms with Crippen LogP contribution in [-0.4, -0.2) is 75.3 Å². The molecule has 3 heterocycles. The Morgan fingerprint density at radius 1 is 0.612 bits per heavy atom. The molecular formula is C34H35NO12S2. The zero-order valence-electron chi connectivity index (χ0n) is 27.8. The third-order valence-electron chi connectivity index (χ3n) is 6.87. The van der Waals surface area contributed by atoms with Gasteiger partial charge in [0.05, 0.1) is 53.0 Å². The highest BCUT2D eigenvalue weighted by molar-refractivity contribution is 7.16. The molecule has 0 saturated heterocycles. The number of carbonyl (C=O) groups is 6. The summed E-state index contributed by atoms with van der Waals surface area (Å²) in [5.74, 6) is -4.87. The summed E-state index contributed by atoms with van der Waals surface area (Å²) >= 11 is 1.96. The van der Waals surface area contributed by atoms with Crippen LogP contribution in [0.3, 0.4) is 0 Å². The van der Waals surface area contributed by atoms with E-state index in [2.05, 4.69) is 0 Å². The van der Waals surface area contributed by atoms with Crippen LogP contribution in [0.2, 0.25) is 0 Å². The number of imide groups is 1. The van der Waals surface area contributed by atoms with E-state index in [0.717, 1.165) is 27.6 Å². The van der Waals surface area contributed by atoms with Gasteiger partial charge in [-0.25, -0.2) is 24.1 Å². The lowest BCUT2D eigenvalue weighted by Gasteiger charge is -2.15. The molecule has 49 heavy (non-hydrogen) atoms. The molecule has 0 atom stereocenters. The highest BCUT2D eigenvalue weighted by atomic mass is 32.1. The predicted molar refractivity (Wildman–Crippen MR) is 180 cm³/mol. The smallest absolute Gasteiger partial charge is 0.344 e. The summed E-state index contributed by atoms with van der Waals surface area (Å²) in [6.45, 7) is 8.67. The largest absolute Gasteiger partial charge is 0.479 e. The molecule has 1 aliphatic rings. The molecule has 0 bridgehead atoms. The Bertz CT molecular complexity index is 1690. The Hall–Kier alpha value is -5.02. The summed E-state index contributed by atoms with van der Waals surface area (Å²) < 4.78 is 32.3. The van der Waals surface area contributed by atoms with E-state index in [1.165, 1.54) is 0 Å². The van der Waals surface area contributed by atoms with Gasteiger partial charge in [-0.15, -0.1) is 22.7 Å². The van der Waals surface area contributed by atoms with E-state index in [4.69, 9.17) is 28.4 Å². The molecule has 3 aromatic rings. The maximum absolute atomic E-state index is 14.5.